The van der Waals surface area contributed by atoms with Gasteiger partial charge in [-0.05, 0) is 48.4 Å². The third-order valence-corrected chi connectivity index (χ3v) is 6.86. The van der Waals surface area contributed by atoms with Crippen LogP contribution in [0.25, 0.3) is 20.7 Å². The quantitative estimate of drug-likeness (QED) is 0.483. The minimum absolute atomic E-state index is 0.0122. The number of benzene rings is 2. The van der Waals surface area contributed by atoms with E-state index in [9.17, 15) is 4.79 Å². The van der Waals surface area contributed by atoms with Gasteiger partial charge in [0.05, 0.1) is 31.4 Å². The number of morpholine rings is 1. The van der Waals surface area contributed by atoms with E-state index in [0.29, 0.717) is 17.1 Å². The van der Waals surface area contributed by atoms with E-state index >= 15 is 0 Å². The van der Waals surface area contributed by atoms with Gasteiger partial charge in [-0.2, -0.15) is 0 Å². The van der Waals surface area contributed by atoms with Crippen molar-refractivity contribution in [3.8, 4) is 16.2 Å². The average Bonchev–Trinajstić information content (AvgIpc) is 3.24. The Balaban J connectivity index is 1.39. The summed E-state index contributed by atoms with van der Waals surface area (Å²) in [6.07, 6.45) is 0.116. The number of hydrogen-bond donors (Lipinski definition) is 1. The van der Waals surface area contributed by atoms with Crippen LogP contribution in [0.1, 0.15) is 24.4 Å². The predicted molar refractivity (Wildman–Crippen MR) is 127 cm³/mol. The molecule has 2 aromatic carbocycles. The first kappa shape index (κ1) is 20.9. The number of nitrogens with zero attached hydrogens (tertiary/aromatic N) is 2. The lowest BCUT2D eigenvalue weighted by Crippen LogP contribution is -2.42. The highest BCUT2D eigenvalue weighted by atomic mass is 32.1. The van der Waals surface area contributed by atoms with Gasteiger partial charge >= 0.3 is 0 Å². The van der Waals surface area contributed by atoms with Crippen LogP contribution in [0.2, 0.25) is 0 Å². The summed E-state index contributed by atoms with van der Waals surface area (Å²) in [5.74, 6) is 1.49. The summed E-state index contributed by atoms with van der Waals surface area (Å²) in [5, 5.41) is 0. The molecule has 4 aromatic rings. The number of methoxy groups -OCH3 is 1. The molecule has 164 valence electrons. The molecule has 0 amide bonds. The van der Waals surface area contributed by atoms with Gasteiger partial charge in [-0.3, -0.25) is 9.69 Å². The highest BCUT2D eigenvalue weighted by Gasteiger charge is 2.27. The van der Waals surface area contributed by atoms with E-state index in [2.05, 4.69) is 28.9 Å². The van der Waals surface area contributed by atoms with Crippen molar-refractivity contribution in [3.63, 3.8) is 0 Å². The molecule has 0 bridgehead atoms. The van der Waals surface area contributed by atoms with Gasteiger partial charge in [0.15, 0.2) is 0 Å². The van der Waals surface area contributed by atoms with Crippen LogP contribution in [0.5, 0.6) is 5.75 Å². The summed E-state index contributed by atoms with van der Waals surface area (Å²) in [4.78, 5) is 23.9. The lowest BCUT2D eigenvalue weighted by atomic mass is 10.1. The third kappa shape index (κ3) is 4.32. The summed E-state index contributed by atoms with van der Waals surface area (Å²) in [5.41, 5.74) is 2.86. The van der Waals surface area contributed by atoms with Crippen molar-refractivity contribution in [2.75, 3.05) is 20.2 Å². The number of hydrogen-bond acceptors (Lipinski definition) is 6. The standard InChI is InChI=1S/C25H25N3O3S/c1-16-13-28(14-21(31-16)17-6-4-3-5-7-17)15-23-26-20-12-22(32-24(20)25(29)27-23)18-8-10-19(30-2)11-9-18/h3-12,16,21H,13-15H2,1-2H3,(H,26,27,29). The number of rotatable bonds is 5. The summed E-state index contributed by atoms with van der Waals surface area (Å²) in [6, 6.07) is 20.1. The Labute approximate surface area is 190 Å². The predicted octanol–water partition coefficient (Wildman–Crippen LogP) is 4.62. The van der Waals surface area contributed by atoms with E-state index in [1.165, 1.54) is 16.9 Å². The fourth-order valence-corrected chi connectivity index (χ4v) is 5.19. The zero-order valence-corrected chi connectivity index (χ0v) is 18.9. The number of thiophene rings is 1. The molecule has 1 aliphatic heterocycles. The monoisotopic (exact) mass is 447 g/mol. The molecular weight excluding hydrogens is 422 g/mol. The van der Waals surface area contributed by atoms with Crippen molar-refractivity contribution in [2.45, 2.75) is 25.7 Å². The molecule has 1 aliphatic rings. The topological polar surface area (TPSA) is 67.5 Å². The fraction of sp³-hybridized carbons (Fsp3) is 0.280. The smallest absolute Gasteiger partial charge is 0.268 e. The zero-order chi connectivity index (χ0) is 22.1. The third-order valence-electron chi connectivity index (χ3n) is 5.69. The maximum atomic E-state index is 12.8. The second kappa shape index (κ2) is 8.86. The first-order chi connectivity index (χ1) is 15.6. The van der Waals surface area contributed by atoms with Crippen LogP contribution in [0.15, 0.2) is 65.5 Å². The zero-order valence-electron chi connectivity index (χ0n) is 18.1. The van der Waals surface area contributed by atoms with Crippen LogP contribution in [0, 0.1) is 0 Å². The largest absolute Gasteiger partial charge is 0.497 e. The molecule has 0 aliphatic carbocycles. The Morgan fingerprint density at radius 2 is 1.94 bits per heavy atom. The lowest BCUT2D eigenvalue weighted by Gasteiger charge is -2.36. The van der Waals surface area contributed by atoms with E-state index in [1.807, 2.05) is 48.5 Å². The average molecular weight is 448 g/mol. The van der Waals surface area contributed by atoms with E-state index in [-0.39, 0.29) is 17.8 Å². The van der Waals surface area contributed by atoms with E-state index in [0.717, 1.165) is 34.8 Å². The maximum absolute atomic E-state index is 12.8. The normalized spacial score (nSPS) is 19.3. The SMILES string of the molecule is COc1ccc(-c2cc3nc(CN4CC(C)OC(c5ccccc5)C4)[nH]c(=O)c3s2)cc1. The first-order valence-electron chi connectivity index (χ1n) is 10.7. The highest BCUT2D eigenvalue weighted by molar-refractivity contribution is 7.22. The Morgan fingerprint density at radius 3 is 2.69 bits per heavy atom. The van der Waals surface area contributed by atoms with Crippen molar-refractivity contribution in [3.05, 3.63) is 82.4 Å². The summed E-state index contributed by atoms with van der Waals surface area (Å²) in [6.45, 7) is 4.22. The summed E-state index contributed by atoms with van der Waals surface area (Å²) >= 11 is 1.46. The fourth-order valence-electron chi connectivity index (χ4n) is 4.19. The Bertz CT molecular complexity index is 1270. The van der Waals surface area contributed by atoms with Gasteiger partial charge in [0.25, 0.3) is 5.56 Å². The van der Waals surface area contributed by atoms with Crippen molar-refractivity contribution >= 4 is 21.6 Å². The molecule has 7 heteroatoms. The van der Waals surface area contributed by atoms with Crippen molar-refractivity contribution in [2.24, 2.45) is 0 Å². The molecule has 5 rings (SSSR count). The highest BCUT2D eigenvalue weighted by Crippen LogP contribution is 2.32. The van der Waals surface area contributed by atoms with E-state index in [1.54, 1.807) is 7.11 Å². The molecule has 0 spiro atoms. The second-order valence-electron chi connectivity index (χ2n) is 8.11. The van der Waals surface area contributed by atoms with Gasteiger partial charge in [-0.25, -0.2) is 4.98 Å². The van der Waals surface area contributed by atoms with Gasteiger partial charge in [0.2, 0.25) is 0 Å². The Hall–Kier alpha value is -3.00. The van der Waals surface area contributed by atoms with Crippen LogP contribution in [-0.4, -0.2) is 41.2 Å². The Morgan fingerprint density at radius 1 is 1.16 bits per heavy atom. The molecule has 3 heterocycles. The van der Waals surface area contributed by atoms with Crippen LogP contribution < -0.4 is 10.3 Å². The molecule has 2 unspecified atom stereocenters. The summed E-state index contributed by atoms with van der Waals surface area (Å²) in [7, 11) is 1.65. The molecule has 0 saturated carbocycles. The van der Waals surface area contributed by atoms with Crippen molar-refractivity contribution in [1.29, 1.82) is 0 Å². The number of H-pyrrole nitrogens is 1. The second-order valence-corrected chi connectivity index (χ2v) is 9.16. The number of nitrogens with one attached hydrogen (secondary N) is 1. The van der Waals surface area contributed by atoms with Crippen molar-refractivity contribution in [1.82, 2.24) is 14.9 Å². The maximum Gasteiger partial charge on any atom is 0.268 e. The molecule has 6 nitrogen and oxygen atoms in total. The van der Waals surface area contributed by atoms with Gasteiger partial charge in [-0.1, -0.05) is 30.3 Å². The molecule has 2 aromatic heterocycles. The molecule has 1 saturated heterocycles. The van der Waals surface area contributed by atoms with E-state index in [4.69, 9.17) is 14.5 Å². The van der Waals surface area contributed by atoms with Gasteiger partial charge in [0.1, 0.15) is 16.3 Å². The van der Waals surface area contributed by atoms with E-state index < -0.39 is 0 Å². The van der Waals surface area contributed by atoms with Crippen LogP contribution in [-0.2, 0) is 11.3 Å². The summed E-state index contributed by atoms with van der Waals surface area (Å²) < 4.78 is 12.0. The molecule has 0 radical (unpaired) electrons. The first-order valence-corrected chi connectivity index (χ1v) is 11.5. The van der Waals surface area contributed by atoms with Crippen LogP contribution in [0.4, 0.5) is 0 Å². The lowest BCUT2D eigenvalue weighted by molar-refractivity contribution is -0.0819. The van der Waals surface area contributed by atoms with Gasteiger partial charge < -0.3 is 14.5 Å². The van der Waals surface area contributed by atoms with Gasteiger partial charge in [-0.15, -0.1) is 11.3 Å². The molecule has 1 fully saturated rings. The van der Waals surface area contributed by atoms with Crippen LogP contribution in [0.3, 0.4) is 0 Å². The molecular formula is C25H25N3O3S. The van der Waals surface area contributed by atoms with Crippen molar-refractivity contribution < 1.29 is 9.47 Å². The van der Waals surface area contributed by atoms with Crippen LogP contribution >= 0.6 is 11.3 Å². The minimum atomic E-state index is -0.0873. The molecule has 2 atom stereocenters. The molecule has 32 heavy (non-hydrogen) atoms. The number of aromatic nitrogens is 2. The van der Waals surface area contributed by atoms with Gasteiger partial charge in [0, 0.05) is 18.0 Å². The minimum Gasteiger partial charge on any atom is -0.497 e. The Kier molecular flexibility index (Phi) is 5.78. The number of fused-ring (bicyclic) bond motifs is 1. The molecule has 1 N–H and O–H groups in total. The number of ether oxygens (including phenoxy) is 2. The number of aromatic amines is 1.